The smallest absolute Gasteiger partial charge is 0.151 e. The molecule has 1 aliphatic rings. The lowest BCUT2D eigenvalue weighted by Crippen LogP contribution is -2.27. The Morgan fingerprint density at radius 3 is 2.70 bits per heavy atom. The molecule has 3 N–H and O–H groups in total. The van der Waals surface area contributed by atoms with Crippen molar-refractivity contribution in [3.8, 4) is 11.1 Å². The van der Waals surface area contributed by atoms with E-state index in [0.29, 0.717) is 23.4 Å². The van der Waals surface area contributed by atoms with Gasteiger partial charge in [-0.25, -0.2) is 14.2 Å². The third kappa shape index (κ3) is 3.53. The van der Waals surface area contributed by atoms with Crippen LogP contribution < -0.4 is 11.1 Å². The first kappa shape index (κ1) is 20.2. The van der Waals surface area contributed by atoms with E-state index >= 15 is 0 Å². The van der Waals surface area contributed by atoms with Gasteiger partial charge in [-0.3, -0.25) is 0 Å². The van der Waals surface area contributed by atoms with Crippen molar-refractivity contribution >= 4 is 33.8 Å². The summed E-state index contributed by atoms with van der Waals surface area (Å²) in [6.45, 7) is 2.65. The second-order valence-electron chi connectivity index (χ2n) is 8.58. The molecule has 0 bridgehead atoms. The maximum atomic E-state index is 6.68. The standard InChI is InChI=1S/C25H24ClN7/c26-24-19-7-6-18(12-21(19)31-32(24)14-16-4-2-1-3-5-16)20-13-22(17-8-10-28-11-9-17)33-23(20)25(27)29-15-30-33/h1-7,12-13,15,17,28H,8-11,14H2,(H2,27,29,30). The van der Waals surface area contributed by atoms with E-state index in [-0.39, 0.29) is 0 Å². The summed E-state index contributed by atoms with van der Waals surface area (Å²) >= 11 is 6.68. The summed E-state index contributed by atoms with van der Waals surface area (Å²) in [5, 5.41) is 14.4. The van der Waals surface area contributed by atoms with Crippen molar-refractivity contribution in [2.24, 2.45) is 0 Å². The predicted octanol–water partition coefficient (Wildman–Crippen LogP) is 4.50. The van der Waals surface area contributed by atoms with E-state index in [1.54, 1.807) is 0 Å². The molecule has 0 unspecified atom stereocenters. The van der Waals surface area contributed by atoms with Gasteiger partial charge in [0, 0.05) is 22.6 Å². The Hall–Kier alpha value is -3.42. The molecular weight excluding hydrogens is 434 g/mol. The molecule has 1 aliphatic heterocycles. The van der Waals surface area contributed by atoms with Gasteiger partial charge in [0.25, 0.3) is 0 Å². The highest BCUT2D eigenvalue weighted by Gasteiger charge is 2.23. The summed E-state index contributed by atoms with van der Waals surface area (Å²) in [5.74, 6) is 0.915. The average molecular weight is 458 g/mol. The molecule has 4 heterocycles. The van der Waals surface area contributed by atoms with E-state index in [2.05, 4.69) is 45.7 Å². The van der Waals surface area contributed by atoms with Crippen LogP contribution in [0, 0.1) is 0 Å². The quantitative estimate of drug-likeness (QED) is 0.415. The number of aromatic nitrogens is 5. The van der Waals surface area contributed by atoms with Crippen molar-refractivity contribution < 1.29 is 0 Å². The fraction of sp³-hybridized carbons (Fsp3) is 0.240. The third-order valence-corrected chi connectivity index (χ3v) is 6.93. The molecule has 0 aliphatic carbocycles. The van der Waals surface area contributed by atoms with Crippen molar-refractivity contribution in [2.75, 3.05) is 18.8 Å². The molecule has 0 amide bonds. The molecule has 3 aromatic heterocycles. The number of nitrogens with zero attached hydrogens (tertiary/aromatic N) is 5. The fourth-order valence-electron chi connectivity index (χ4n) is 4.85. The van der Waals surface area contributed by atoms with Crippen LogP contribution in [0.15, 0.2) is 60.9 Å². The summed E-state index contributed by atoms with van der Waals surface area (Å²) in [7, 11) is 0. The minimum absolute atomic E-state index is 0.435. The highest BCUT2D eigenvalue weighted by molar-refractivity contribution is 6.34. The van der Waals surface area contributed by atoms with Gasteiger partial charge in [-0.2, -0.15) is 10.2 Å². The fourth-order valence-corrected chi connectivity index (χ4v) is 5.11. The number of fused-ring (bicyclic) bond motifs is 2. The van der Waals surface area contributed by atoms with E-state index < -0.39 is 0 Å². The van der Waals surface area contributed by atoms with Crippen molar-refractivity contribution in [2.45, 2.75) is 25.3 Å². The van der Waals surface area contributed by atoms with Gasteiger partial charge in [-0.1, -0.05) is 48.0 Å². The second kappa shape index (κ2) is 8.17. The van der Waals surface area contributed by atoms with E-state index in [9.17, 15) is 0 Å². The third-order valence-electron chi connectivity index (χ3n) is 6.53. The van der Waals surface area contributed by atoms with Gasteiger partial charge in [0.2, 0.25) is 0 Å². The van der Waals surface area contributed by atoms with Gasteiger partial charge in [-0.05, 0) is 55.3 Å². The first-order valence-corrected chi connectivity index (χ1v) is 11.6. The van der Waals surface area contributed by atoms with Crippen LogP contribution in [0.2, 0.25) is 5.15 Å². The first-order valence-electron chi connectivity index (χ1n) is 11.2. The first-order chi connectivity index (χ1) is 16.2. The zero-order valence-corrected chi connectivity index (χ0v) is 18.8. The maximum Gasteiger partial charge on any atom is 0.151 e. The molecule has 166 valence electrons. The molecule has 0 atom stereocenters. The van der Waals surface area contributed by atoms with Gasteiger partial charge in [0.05, 0.1) is 12.1 Å². The molecule has 0 radical (unpaired) electrons. The molecule has 33 heavy (non-hydrogen) atoms. The molecular formula is C25H24ClN7. The van der Waals surface area contributed by atoms with Crippen LogP contribution in [0.25, 0.3) is 27.5 Å². The zero-order valence-electron chi connectivity index (χ0n) is 18.1. The Morgan fingerprint density at radius 1 is 1.06 bits per heavy atom. The number of halogens is 1. The van der Waals surface area contributed by atoms with E-state index in [1.165, 1.54) is 12.0 Å². The zero-order chi connectivity index (χ0) is 22.4. The summed E-state index contributed by atoms with van der Waals surface area (Å²) in [6, 6.07) is 18.6. The maximum absolute atomic E-state index is 6.68. The number of nitrogen functional groups attached to an aromatic ring is 1. The number of hydrogen-bond donors (Lipinski definition) is 2. The van der Waals surface area contributed by atoms with Crippen LogP contribution in [0.5, 0.6) is 0 Å². The van der Waals surface area contributed by atoms with Crippen LogP contribution in [0.1, 0.15) is 30.0 Å². The van der Waals surface area contributed by atoms with Crippen LogP contribution in [0.3, 0.4) is 0 Å². The van der Waals surface area contributed by atoms with Gasteiger partial charge >= 0.3 is 0 Å². The minimum Gasteiger partial charge on any atom is -0.382 e. The number of nitrogens with two attached hydrogens (primary N) is 1. The Labute approximate surface area is 196 Å². The molecule has 1 saturated heterocycles. The van der Waals surface area contributed by atoms with Crippen molar-refractivity contribution in [3.05, 3.63) is 77.3 Å². The Bertz CT molecular complexity index is 1450. The second-order valence-corrected chi connectivity index (χ2v) is 8.94. The van der Waals surface area contributed by atoms with E-state index in [0.717, 1.165) is 59.0 Å². The summed E-state index contributed by atoms with van der Waals surface area (Å²) in [5.41, 5.74) is 12.4. The summed E-state index contributed by atoms with van der Waals surface area (Å²) in [4.78, 5) is 4.27. The molecule has 0 spiro atoms. The van der Waals surface area contributed by atoms with Crippen molar-refractivity contribution in [1.82, 2.24) is 29.7 Å². The normalized spacial score (nSPS) is 14.9. The van der Waals surface area contributed by atoms with Crippen LogP contribution in [-0.2, 0) is 6.54 Å². The monoisotopic (exact) mass is 457 g/mol. The number of piperidine rings is 1. The Morgan fingerprint density at radius 2 is 1.88 bits per heavy atom. The van der Waals surface area contributed by atoms with Gasteiger partial charge in [-0.15, -0.1) is 0 Å². The number of anilines is 1. The van der Waals surface area contributed by atoms with Crippen molar-refractivity contribution in [1.29, 1.82) is 0 Å². The molecule has 2 aromatic carbocycles. The number of hydrogen-bond acceptors (Lipinski definition) is 5. The number of rotatable bonds is 4. The lowest BCUT2D eigenvalue weighted by atomic mass is 9.94. The van der Waals surface area contributed by atoms with Gasteiger partial charge in [0.15, 0.2) is 5.82 Å². The largest absolute Gasteiger partial charge is 0.382 e. The van der Waals surface area contributed by atoms with Crippen LogP contribution in [-0.4, -0.2) is 37.5 Å². The highest BCUT2D eigenvalue weighted by atomic mass is 35.5. The molecule has 7 nitrogen and oxygen atoms in total. The highest BCUT2D eigenvalue weighted by Crippen LogP contribution is 2.37. The molecule has 0 saturated carbocycles. The van der Waals surface area contributed by atoms with E-state index in [4.69, 9.17) is 22.4 Å². The number of nitrogens with one attached hydrogen (secondary N) is 1. The average Bonchev–Trinajstić information content (AvgIpc) is 3.39. The Kier molecular flexibility index (Phi) is 5.00. The van der Waals surface area contributed by atoms with Crippen LogP contribution >= 0.6 is 11.6 Å². The molecule has 1 fully saturated rings. The topological polar surface area (TPSA) is 86.1 Å². The molecule has 6 rings (SSSR count). The van der Waals surface area contributed by atoms with Crippen LogP contribution in [0.4, 0.5) is 5.82 Å². The van der Waals surface area contributed by atoms with Crippen molar-refractivity contribution in [3.63, 3.8) is 0 Å². The van der Waals surface area contributed by atoms with Gasteiger partial charge in [0.1, 0.15) is 17.0 Å². The van der Waals surface area contributed by atoms with Gasteiger partial charge < -0.3 is 11.1 Å². The summed E-state index contributed by atoms with van der Waals surface area (Å²) < 4.78 is 3.82. The predicted molar refractivity (Wildman–Crippen MR) is 132 cm³/mol. The minimum atomic E-state index is 0.435. The van der Waals surface area contributed by atoms with E-state index in [1.807, 2.05) is 33.5 Å². The SMILES string of the molecule is Nc1ncnn2c(C3CCNCC3)cc(-c3ccc4c(Cl)n(Cc5ccccc5)nc4c3)c12. The summed E-state index contributed by atoms with van der Waals surface area (Å²) in [6.07, 6.45) is 3.69. The lowest BCUT2D eigenvalue weighted by molar-refractivity contribution is 0.448. The number of benzene rings is 2. The molecule has 5 aromatic rings. The lowest BCUT2D eigenvalue weighted by Gasteiger charge is -2.22. The molecule has 8 heteroatoms. The Balaban J connectivity index is 1.46.